The molecule has 0 aliphatic carbocycles. The van der Waals surface area contributed by atoms with Gasteiger partial charge in [0.05, 0.1) is 11.1 Å². The minimum absolute atomic E-state index is 0.00769. The van der Waals surface area contributed by atoms with Crippen molar-refractivity contribution >= 4 is 29.1 Å². The molecule has 0 spiro atoms. The van der Waals surface area contributed by atoms with Crippen molar-refractivity contribution in [1.82, 2.24) is 4.90 Å². The number of hydrogen-bond acceptors (Lipinski definition) is 3. The number of rotatable bonds is 6. The number of benzene rings is 2. The van der Waals surface area contributed by atoms with E-state index in [1.54, 1.807) is 29.2 Å². The van der Waals surface area contributed by atoms with Gasteiger partial charge in [-0.3, -0.25) is 14.5 Å². The lowest BCUT2D eigenvalue weighted by molar-refractivity contribution is -0.127. The van der Waals surface area contributed by atoms with Gasteiger partial charge < -0.3 is 9.64 Å². The summed E-state index contributed by atoms with van der Waals surface area (Å²) in [7, 11) is 0. The zero-order chi connectivity index (χ0) is 20.3. The molecule has 2 aromatic rings. The molecule has 1 fully saturated rings. The first-order chi connectivity index (χ1) is 13.3. The third kappa shape index (κ3) is 4.62. The van der Waals surface area contributed by atoms with Crippen LogP contribution < -0.4 is 9.64 Å². The molecule has 3 rings (SSSR count). The van der Waals surface area contributed by atoms with Crippen LogP contribution in [-0.4, -0.2) is 36.0 Å². The Balaban J connectivity index is 1.89. The maximum absolute atomic E-state index is 13.6. The highest BCUT2D eigenvalue weighted by molar-refractivity contribution is 6.31. The van der Waals surface area contributed by atoms with Gasteiger partial charge >= 0.3 is 0 Å². The molecule has 0 N–H and O–H groups in total. The summed E-state index contributed by atoms with van der Waals surface area (Å²) in [4.78, 5) is 28.3. The van der Waals surface area contributed by atoms with Gasteiger partial charge in [-0.15, -0.1) is 0 Å². The lowest BCUT2D eigenvalue weighted by Crippen LogP contribution is -2.42. The fourth-order valence-electron chi connectivity index (χ4n) is 3.04. The summed E-state index contributed by atoms with van der Waals surface area (Å²) in [6, 6.07) is 10.9. The molecular formula is C21H22ClFN2O3. The second kappa shape index (κ2) is 8.61. The Bertz CT molecular complexity index is 870. The molecule has 28 heavy (non-hydrogen) atoms. The van der Waals surface area contributed by atoms with Crippen molar-refractivity contribution in [3.63, 3.8) is 0 Å². The first-order valence-corrected chi connectivity index (χ1v) is 9.54. The maximum Gasteiger partial charge on any atom is 0.259 e. The van der Waals surface area contributed by atoms with Crippen molar-refractivity contribution < 1.29 is 18.7 Å². The van der Waals surface area contributed by atoms with Gasteiger partial charge in [-0.05, 0) is 62.7 Å². The Morgan fingerprint density at radius 1 is 1.25 bits per heavy atom. The van der Waals surface area contributed by atoms with E-state index in [2.05, 4.69) is 0 Å². The Kier molecular flexibility index (Phi) is 6.19. The van der Waals surface area contributed by atoms with E-state index in [1.807, 2.05) is 13.8 Å². The number of ether oxygens (including phenoxy) is 1. The average molecular weight is 405 g/mol. The van der Waals surface area contributed by atoms with Crippen molar-refractivity contribution in [3.8, 4) is 5.75 Å². The van der Waals surface area contributed by atoms with E-state index in [1.165, 1.54) is 23.1 Å². The van der Waals surface area contributed by atoms with Crippen LogP contribution in [0.25, 0.3) is 0 Å². The van der Waals surface area contributed by atoms with Crippen molar-refractivity contribution in [2.45, 2.75) is 32.8 Å². The average Bonchev–Trinajstić information content (AvgIpc) is 3.06. The molecule has 1 aliphatic rings. The summed E-state index contributed by atoms with van der Waals surface area (Å²) in [6.45, 7) is 4.51. The molecule has 1 heterocycles. The molecule has 148 valence electrons. The minimum Gasteiger partial charge on any atom is -0.491 e. The van der Waals surface area contributed by atoms with Crippen molar-refractivity contribution in [3.05, 3.63) is 58.9 Å². The zero-order valence-electron chi connectivity index (χ0n) is 15.8. The molecule has 0 bridgehead atoms. The molecule has 0 unspecified atom stereocenters. The van der Waals surface area contributed by atoms with E-state index in [0.29, 0.717) is 30.0 Å². The van der Waals surface area contributed by atoms with Gasteiger partial charge in [0.2, 0.25) is 5.91 Å². The van der Waals surface area contributed by atoms with Gasteiger partial charge in [0.15, 0.2) is 0 Å². The third-order valence-electron chi connectivity index (χ3n) is 4.42. The van der Waals surface area contributed by atoms with E-state index < -0.39 is 5.82 Å². The molecule has 0 atom stereocenters. The smallest absolute Gasteiger partial charge is 0.259 e. The Labute approximate surface area is 168 Å². The van der Waals surface area contributed by atoms with Crippen LogP contribution in [0.15, 0.2) is 42.5 Å². The third-order valence-corrected chi connectivity index (χ3v) is 4.71. The van der Waals surface area contributed by atoms with Crippen molar-refractivity contribution in [2.75, 3.05) is 18.1 Å². The molecule has 5 nitrogen and oxygen atoms in total. The van der Waals surface area contributed by atoms with Crippen LogP contribution in [0.5, 0.6) is 5.75 Å². The quantitative estimate of drug-likeness (QED) is 0.712. The van der Waals surface area contributed by atoms with Crippen LogP contribution in [-0.2, 0) is 4.79 Å². The molecule has 1 saturated heterocycles. The second-order valence-corrected chi connectivity index (χ2v) is 7.33. The highest BCUT2D eigenvalue weighted by atomic mass is 35.5. The molecule has 2 amide bonds. The zero-order valence-corrected chi connectivity index (χ0v) is 16.6. The lowest BCUT2D eigenvalue weighted by atomic mass is 10.1. The minimum atomic E-state index is -0.565. The fourth-order valence-corrected chi connectivity index (χ4v) is 3.22. The molecule has 0 saturated carbocycles. The Morgan fingerprint density at radius 2 is 1.96 bits per heavy atom. The number of amides is 2. The molecule has 0 aromatic heterocycles. The number of nitrogens with zero attached hydrogens (tertiary/aromatic N) is 2. The van der Waals surface area contributed by atoms with Gasteiger partial charge in [-0.2, -0.15) is 0 Å². The highest BCUT2D eigenvalue weighted by Crippen LogP contribution is 2.26. The highest BCUT2D eigenvalue weighted by Gasteiger charge is 2.27. The number of carbonyl (C=O) groups excluding carboxylic acids is 2. The van der Waals surface area contributed by atoms with E-state index in [0.717, 1.165) is 6.42 Å². The van der Waals surface area contributed by atoms with E-state index in [9.17, 15) is 14.0 Å². The van der Waals surface area contributed by atoms with Crippen LogP contribution >= 0.6 is 11.6 Å². The summed E-state index contributed by atoms with van der Waals surface area (Å²) in [5, 5.41) is -0.0799. The largest absolute Gasteiger partial charge is 0.491 e. The Morgan fingerprint density at radius 3 is 2.54 bits per heavy atom. The predicted octanol–water partition coefficient (Wildman–Crippen LogP) is 4.49. The second-order valence-electron chi connectivity index (χ2n) is 6.92. The summed E-state index contributed by atoms with van der Waals surface area (Å²) in [6.07, 6.45) is 1.25. The first-order valence-electron chi connectivity index (χ1n) is 9.16. The molecule has 1 aliphatic heterocycles. The number of likely N-dealkylation sites (tertiary alicyclic amines) is 1. The number of carbonyl (C=O) groups is 2. The molecule has 7 heteroatoms. The summed E-state index contributed by atoms with van der Waals surface area (Å²) in [5.41, 5.74) is 0.863. The standard InChI is InChI=1S/C21H22ClFN2O3/c1-14(2)28-17-8-5-15(6-9-17)21(27)25(13-24-11-3-4-20(24)26)16-7-10-19(23)18(22)12-16/h5-10,12,14H,3-4,11,13H2,1-2H3. The SMILES string of the molecule is CC(C)Oc1ccc(C(=O)N(CN2CCCC2=O)c2ccc(F)c(Cl)c2)cc1. The topological polar surface area (TPSA) is 49.9 Å². The number of halogens is 2. The predicted molar refractivity (Wildman–Crippen MR) is 106 cm³/mol. The van der Waals surface area contributed by atoms with E-state index >= 15 is 0 Å². The number of anilines is 1. The maximum atomic E-state index is 13.6. The van der Waals surface area contributed by atoms with Gasteiger partial charge in [0.25, 0.3) is 5.91 Å². The van der Waals surface area contributed by atoms with Crippen LogP contribution in [0.3, 0.4) is 0 Å². The molecule has 0 radical (unpaired) electrons. The van der Waals surface area contributed by atoms with Crippen LogP contribution in [0.4, 0.5) is 10.1 Å². The van der Waals surface area contributed by atoms with Gasteiger partial charge in [0, 0.05) is 24.2 Å². The monoisotopic (exact) mass is 404 g/mol. The summed E-state index contributed by atoms with van der Waals surface area (Å²) >= 11 is 5.91. The fraction of sp³-hybridized carbons (Fsp3) is 0.333. The van der Waals surface area contributed by atoms with Crippen LogP contribution in [0.2, 0.25) is 5.02 Å². The van der Waals surface area contributed by atoms with Gasteiger partial charge in [0.1, 0.15) is 18.2 Å². The Hall–Kier alpha value is -2.60. The summed E-state index contributed by atoms with van der Waals surface area (Å²) in [5.74, 6) is -0.215. The normalized spacial score (nSPS) is 13.9. The molecular weight excluding hydrogens is 383 g/mol. The van der Waals surface area contributed by atoms with Gasteiger partial charge in [-0.1, -0.05) is 11.6 Å². The molecule has 2 aromatic carbocycles. The van der Waals surface area contributed by atoms with Crippen molar-refractivity contribution in [1.29, 1.82) is 0 Å². The number of hydrogen-bond donors (Lipinski definition) is 0. The van der Waals surface area contributed by atoms with E-state index in [-0.39, 0.29) is 29.6 Å². The summed E-state index contributed by atoms with van der Waals surface area (Å²) < 4.78 is 19.2. The van der Waals surface area contributed by atoms with Gasteiger partial charge in [-0.25, -0.2) is 4.39 Å². The van der Waals surface area contributed by atoms with Crippen molar-refractivity contribution in [2.24, 2.45) is 0 Å². The van der Waals surface area contributed by atoms with Crippen LogP contribution in [0, 0.1) is 5.82 Å². The van der Waals surface area contributed by atoms with E-state index in [4.69, 9.17) is 16.3 Å². The first kappa shape index (κ1) is 20.1. The lowest BCUT2D eigenvalue weighted by Gasteiger charge is -2.28. The van der Waals surface area contributed by atoms with Crippen LogP contribution in [0.1, 0.15) is 37.0 Å².